The second kappa shape index (κ2) is 10.8. The van der Waals surface area contributed by atoms with Crippen molar-refractivity contribution in [2.45, 2.75) is 19.8 Å². The molecule has 0 bridgehead atoms. The Kier molecular flexibility index (Phi) is 7.59. The molecule has 0 spiro atoms. The number of carbonyl (C=O) groups is 2. The quantitative estimate of drug-likeness (QED) is 0.386. The number of thiazole rings is 1. The van der Waals surface area contributed by atoms with Crippen LogP contribution in [0.15, 0.2) is 48.7 Å². The lowest BCUT2D eigenvalue weighted by Crippen LogP contribution is -2.35. The predicted octanol–water partition coefficient (Wildman–Crippen LogP) is 4.83. The van der Waals surface area contributed by atoms with Gasteiger partial charge < -0.3 is 21.3 Å². The van der Waals surface area contributed by atoms with E-state index in [9.17, 15) is 9.59 Å². The lowest BCUT2D eigenvalue weighted by Gasteiger charge is -2.22. The van der Waals surface area contributed by atoms with Crippen LogP contribution in [0.2, 0.25) is 5.02 Å². The molecular weight excluding hydrogens is 458 g/mol. The SMILES string of the molecule is Cc1cccc(Cl)c1NC(=O)c1cnc(Nc2cccc(C(=O)NCC3CCNCC3)c2)s1. The van der Waals surface area contributed by atoms with E-state index >= 15 is 0 Å². The van der Waals surface area contributed by atoms with E-state index in [1.807, 2.05) is 31.2 Å². The Balaban J connectivity index is 1.36. The van der Waals surface area contributed by atoms with Crippen molar-refractivity contribution in [2.75, 3.05) is 30.3 Å². The van der Waals surface area contributed by atoms with Crippen LogP contribution >= 0.6 is 22.9 Å². The van der Waals surface area contributed by atoms with Crippen molar-refractivity contribution in [3.63, 3.8) is 0 Å². The third-order valence-electron chi connectivity index (χ3n) is 5.58. The number of aromatic nitrogens is 1. The van der Waals surface area contributed by atoms with Gasteiger partial charge in [-0.1, -0.05) is 41.1 Å². The fraction of sp³-hybridized carbons (Fsp3) is 0.292. The average Bonchev–Trinajstić information content (AvgIpc) is 3.29. The second-order valence-electron chi connectivity index (χ2n) is 8.02. The molecule has 2 amide bonds. The van der Waals surface area contributed by atoms with Gasteiger partial charge in [0.05, 0.1) is 16.9 Å². The van der Waals surface area contributed by atoms with Gasteiger partial charge in [-0.15, -0.1) is 0 Å². The molecule has 7 nitrogen and oxygen atoms in total. The molecule has 0 aliphatic carbocycles. The molecule has 9 heteroatoms. The summed E-state index contributed by atoms with van der Waals surface area (Å²) in [7, 11) is 0. The maximum atomic E-state index is 12.6. The lowest BCUT2D eigenvalue weighted by atomic mass is 9.98. The summed E-state index contributed by atoms with van der Waals surface area (Å²) < 4.78 is 0. The van der Waals surface area contributed by atoms with Crippen molar-refractivity contribution >= 4 is 51.3 Å². The number of anilines is 3. The molecule has 0 saturated carbocycles. The predicted molar refractivity (Wildman–Crippen MR) is 134 cm³/mol. The maximum absolute atomic E-state index is 12.6. The summed E-state index contributed by atoms with van der Waals surface area (Å²) in [4.78, 5) is 30.0. The number of benzene rings is 2. The van der Waals surface area contributed by atoms with Crippen LogP contribution in [0.4, 0.5) is 16.5 Å². The van der Waals surface area contributed by atoms with Crippen LogP contribution in [0.5, 0.6) is 0 Å². The van der Waals surface area contributed by atoms with Crippen LogP contribution in [0.25, 0.3) is 0 Å². The van der Waals surface area contributed by atoms with E-state index in [0.717, 1.165) is 37.2 Å². The number of nitrogens with one attached hydrogen (secondary N) is 4. The van der Waals surface area contributed by atoms with E-state index in [4.69, 9.17) is 11.6 Å². The van der Waals surface area contributed by atoms with Gasteiger partial charge in [-0.25, -0.2) is 4.98 Å². The first-order chi connectivity index (χ1) is 16.0. The molecule has 2 heterocycles. The van der Waals surface area contributed by atoms with E-state index in [-0.39, 0.29) is 11.8 Å². The number of carbonyl (C=O) groups excluding carboxylic acids is 2. The van der Waals surface area contributed by atoms with Crippen LogP contribution in [0.1, 0.15) is 38.4 Å². The van der Waals surface area contributed by atoms with Gasteiger partial charge in [-0.05, 0) is 68.6 Å². The molecule has 0 radical (unpaired) electrons. The number of piperidine rings is 1. The smallest absolute Gasteiger partial charge is 0.267 e. The number of rotatable bonds is 7. The highest BCUT2D eigenvalue weighted by Crippen LogP contribution is 2.28. The first-order valence-corrected chi connectivity index (χ1v) is 12.1. The van der Waals surface area contributed by atoms with E-state index in [0.29, 0.717) is 38.7 Å². The zero-order valence-corrected chi connectivity index (χ0v) is 19.9. The van der Waals surface area contributed by atoms with Gasteiger partial charge >= 0.3 is 0 Å². The molecule has 2 aromatic carbocycles. The van der Waals surface area contributed by atoms with Crippen molar-refractivity contribution in [2.24, 2.45) is 5.92 Å². The summed E-state index contributed by atoms with van der Waals surface area (Å²) in [5, 5.41) is 13.5. The minimum atomic E-state index is -0.275. The molecule has 0 unspecified atom stereocenters. The Morgan fingerprint density at radius 1 is 1.15 bits per heavy atom. The first-order valence-electron chi connectivity index (χ1n) is 10.9. The van der Waals surface area contributed by atoms with Crippen LogP contribution in [0, 0.1) is 12.8 Å². The highest BCUT2D eigenvalue weighted by molar-refractivity contribution is 7.17. The maximum Gasteiger partial charge on any atom is 0.267 e. The van der Waals surface area contributed by atoms with E-state index in [1.54, 1.807) is 18.2 Å². The molecule has 1 aromatic heterocycles. The van der Waals surface area contributed by atoms with Crippen molar-refractivity contribution < 1.29 is 9.59 Å². The van der Waals surface area contributed by atoms with Gasteiger partial charge in [0.25, 0.3) is 11.8 Å². The Bertz CT molecular complexity index is 1120. The fourth-order valence-corrected chi connectivity index (χ4v) is 4.69. The zero-order valence-electron chi connectivity index (χ0n) is 18.3. The topological polar surface area (TPSA) is 95.2 Å². The van der Waals surface area contributed by atoms with Crippen molar-refractivity contribution in [1.82, 2.24) is 15.6 Å². The standard InChI is InChI=1S/C24H26ClN5O2S/c1-15-4-2-7-19(25)21(15)30-23(32)20-14-28-24(33-20)29-18-6-3-5-17(12-18)22(31)27-13-16-8-10-26-11-9-16/h2-7,12,14,16,26H,8-11,13H2,1H3,(H,27,31)(H,28,29)(H,30,32). The van der Waals surface area contributed by atoms with Crippen molar-refractivity contribution in [1.29, 1.82) is 0 Å². The van der Waals surface area contributed by atoms with Crippen LogP contribution < -0.4 is 21.3 Å². The largest absolute Gasteiger partial charge is 0.352 e. The van der Waals surface area contributed by atoms with E-state index in [2.05, 4.69) is 26.3 Å². The number of para-hydroxylation sites is 1. The van der Waals surface area contributed by atoms with Gasteiger partial charge in [0.15, 0.2) is 5.13 Å². The third kappa shape index (κ3) is 6.10. The molecule has 4 rings (SSSR count). The van der Waals surface area contributed by atoms with E-state index in [1.165, 1.54) is 17.5 Å². The second-order valence-corrected chi connectivity index (χ2v) is 9.46. The molecule has 1 fully saturated rings. The van der Waals surface area contributed by atoms with Gasteiger partial charge in [0, 0.05) is 17.8 Å². The van der Waals surface area contributed by atoms with Gasteiger partial charge in [0.1, 0.15) is 4.88 Å². The Morgan fingerprint density at radius 2 is 1.94 bits per heavy atom. The highest BCUT2D eigenvalue weighted by Gasteiger charge is 2.16. The number of aryl methyl sites for hydroxylation is 1. The molecule has 1 saturated heterocycles. The summed E-state index contributed by atoms with van der Waals surface area (Å²) in [6.45, 7) is 4.59. The van der Waals surface area contributed by atoms with Crippen LogP contribution in [-0.4, -0.2) is 36.4 Å². The van der Waals surface area contributed by atoms with E-state index < -0.39 is 0 Å². The van der Waals surface area contributed by atoms with Crippen molar-refractivity contribution in [3.8, 4) is 0 Å². The van der Waals surface area contributed by atoms with Gasteiger partial charge in [-0.3, -0.25) is 9.59 Å². The molecule has 1 aliphatic heterocycles. The molecular formula is C24H26ClN5O2S. The Hall–Kier alpha value is -2.94. The number of hydrogen-bond acceptors (Lipinski definition) is 6. The Labute approximate surface area is 202 Å². The molecule has 4 N–H and O–H groups in total. The minimum absolute atomic E-state index is 0.0912. The molecule has 1 aliphatic rings. The summed E-state index contributed by atoms with van der Waals surface area (Å²) in [5.41, 5.74) is 2.79. The number of hydrogen-bond donors (Lipinski definition) is 4. The molecule has 3 aromatic rings. The summed E-state index contributed by atoms with van der Waals surface area (Å²) in [6.07, 6.45) is 3.68. The number of amides is 2. The summed E-state index contributed by atoms with van der Waals surface area (Å²) >= 11 is 7.43. The van der Waals surface area contributed by atoms with Crippen LogP contribution in [-0.2, 0) is 0 Å². The third-order valence-corrected chi connectivity index (χ3v) is 6.80. The normalized spacial score (nSPS) is 14.0. The van der Waals surface area contributed by atoms with Gasteiger partial charge in [-0.2, -0.15) is 0 Å². The molecule has 33 heavy (non-hydrogen) atoms. The highest BCUT2D eigenvalue weighted by atomic mass is 35.5. The molecule has 0 atom stereocenters. The first kappa shape index (κ1) is 23.2. The monoisotopic (exact) mass is 483 g/mol. The zero-order chi connectivity index (χ0) is 23.2. The minimum Gasteiger partial charge on any atom is -0.352 e. The van der Waals surface area contributed by atoms with Crippen LogP contribution in [0.3, 0.4) is 0 Å². The Morgan fingerprint density at radius 3 is 2.73 bits per heavy atom. The fourth-order valence-electron chi connectivity index (χ4n) is 3.69. The average molecular weight is 484 g/mol. The lowest BCUT2D eigenvalue weighted by molar-refractivity contribution is 0.0943. The van der Waals surface area contributed by atoms with Crippen molar-refractivity contribution in [3.05, 3.63) is 69.7 Å². The summed E-state index contributed by atoms with van der Waals surface area (Å²) in [6, 6.07) is 12.7. The number of nitrogens with zero attached hydrogens (tertiary/aromatic N) is 1. The van der Waals surface area contributed by atoms with Gasteiger partial charge in [0.2, 0.25) is 0 Å². The molecule has 172 valence electrons. The number of halogens is 1. The summed E-state index contributed by atoms with van der Waals surface area (Å²) in [5.74, 6) is 0.153.